The van der Waals surface area contributed by atoms with Gasteiger partial charge in [-0.3, -0.25) is 14.2 Å². The molecule has 0 saturated heterocycles. The lowest BCUT2D eigenvalue weighted by Crippen LogP contribution is -2.23. The SMILES string of the molecule is Cc1ccc(CNC(=O)CCCCCn2c(=S)[nH]c3cc4c(cc3c2=O)OCO4)o1. The molecule has 4 rings (SSSR count). The van der Waals surface area contributed by atoms with Crippen molar-refractivity contribution in [1.29, 1.82) is 0 Å². The molecule has 1 aliphatic heterocycles. The zero-order valence-electron chi connectivity index (χ0n) is 16.7. The van der Waals surface area contributed by atoms with E-state index in [0.29, 0.717) is 46.7 Å². The second kappa shape index (κ2) is 8.74. The van der Waals surface area contributed by atoms with E-state index in [-0.39, 0.29) is 18.3 Å². The van der Waals surface area contributed by atoms with Gasteiger partial charge >= 0.3 is 0 Å². The standard InChI is InChI=1S/C21H23N3O5S/c1-13-6-7-14(29-13)11-22-19(25)5-3-2-4-8-24-20(26)15-9-17-18(28-12-27-17)10-16(15)23-21(24)30/h6-7,9-10H,2-5,8,11-12H2,1H3,(H,22,25)(H,23,30). The van der Waals surface area contributed by atoms with E-state index in [2.05, 4.69) is 10.3 Å². The van der Waals surface area contributed by atoms with Crippen LogP contribution in [0.1, 0.15) is 37.2 Å². The lowest BCUT2D eigenvalue weighted by molar-refractivity contribution is -0.121. The van der Waals surface area contributed by atoms with Crippen LogP contribution in [0.4, 0.5) is 0 Å². The molecule has 0 unspecified atom stereocenters. The third-order valence-electron chi connectivity index (χ3n) is 5.02. The number of aromatic nitrogens is 2. The highest BCUT2D eigenvalue weighted by atomic mass is 32.1. The number of H-pyrrole nitrogens is 1. The molecule has 0 aliphatic carbocycles. The highest BCUT2D eigenvalue weighted by Gasteiger charge is 2.17. The first kappa shape index (κ1) is 20.2. The normalized spacial score (nSPS) is 12.4. The van der Waals surface area contributed by atoms with E-state index in [0.717, 1.165) is 30.8 Å². The van der Waals surface area contributed by atoms with Gasteiger partial charge in [-0.2, -0.15) is 0 Å². The van der Waals surface area contributed by atoms with Crippen LogP contribution in [0, 0.1) is 11.7 Å². The Balaban J connectivity index is 1.28. The average Bonchev–Trinajstić information content (AvgIpc) is 3.35. The predicted molar refractivity (Wildman–Crippen MR) is 113 cm³/mol. The summed E-state index contributed by atoms with van der Waals surface area (Å²) < 4.78 is 18.1. The van der Waals surface area contributed by atoms with Crippen LogP contribution in [-0.2, 0) is 17.9 Å². The van der Waals surface area contributed by atoms with E-state index < -0.39 is 0 Å². The molecule has 0 radical (unpaired) electrons. The molecule has 158 valence electrons. The molecule has 2 N–H and O–H groups in total. The minimum Gasteiger partial charge on any atom is -0.465 e. The molecule has 0 atom stereocenters. The Hall–Kier alpha value is -3.07. The monoisotopic (exact) mass is 429 g/mol. The Labute approximate surface area is 177 Å². The van der Waals surface area contributed by atoms with E-state index >= 15 is 0 Å². The van der Waals surface area contributed by atoms with Crippen LogP contribution in [-0.4, -0.2) is 22.3 Å². The molecule has 0 bridgehead atoms. The fourth-order valence-electron chi connectivity index (χ4n) is 3.43. The van der Waals surface area contributed by atoms with E-state index in [1.165, 1.54) is 0 Å². The first-order valence-corrected chi connectivity index (χ1v) is 10.3. The fraction of sp³-hybridized carbons (Fsp3) is 0.381. The van der Waals surface area contributed by atoms with Crippen molar-refractivity contribution in [3.63, 3.8) is 0 Å². The van der Waals surface area contributed by atoms with Gasteiger partial charge in [-0.05, 0) is 50.2 Å². The molecule has 8 nitrogen and oxygen atoms in total. The van der Waals surface area contributed by atoms with Crippen LogP contribution in [0.15, 0.2) is 33.5 Å². The number of carbonyl (C=O) groups is 1. The van der Waals surface area contributed by atoms with Gasteiger partial charge in [0.25, 0.3) is 5.56 Å². The largest absolute Gasteiger partial charge is 0.465 e. The molecule has 0 saturated carbocycles. The summed E-state index contributed by atoms with van der Waals surface area (Å²) in [7, 11) is 0. The average molecular weight is 429 g/mol. The quantitative estimate of drug-likeness (QED) is 0.420. The van der Waals surface area contributed by atoms with Crippen LogP contribution in [0.3, 0.4) is 0 Å². The van der Waals surface area contributed by atoms with Crippen LogP contribution >= 0.6 is 12.2 Å². The number of nitrogens with zero attached hydrogens (tertiary/aromatic N) is 1. The number of aryl methyl sites for hydroxylation is 1. The van der Waals surface area contributed by atoms with Crippen molar-refractivity contribution >= 4 is 29.0 Å². The number of furan rings is 1. The molecule has 0 fully saturated rings. The summed E-state index contributed by atoms with van der Waals surface area (Å²) >= 11 is 5.36. The van der Waals surface area contributed by atoms with Crippen molar-refractivity contribution in [3.05, 3.63) is 50.9 Å². The minimum atomic E-state index is -0.154. The molecular formula is C21H23N3O5S. The number of hydrogen-bond donors (Lipinski definition) is 2. The van der Waals surface area contributed by atoms with Crippen LogP contribution in [0.2, 0.25) is 0 Å². The molecule has 3 heterocycles. The van der Waals surface area contributed by atoms with Gasteiger partial charge in [-0.1, -0.05) is 6.42 Å². The van der Waals surface area contributed by atoms with E-state index in [1.54, 1.807) is 16.7 Å². The number of aromatic amines is 1. The number of hydrogen-bond acceptors (Lipinski definition) is 6. The van der Waals surface area contributed by atoms with Gasteiger partial charge in [-0.25, -0.2) is 0 Å². The van der Waals surface area contributed by atoms with Crippen LogP contribution in [0.5, 0.6) is 11.5 Å². The number of rotatable bonds is 8. The summed E-state index contributed by atoms with van der Waals surface area (Å²) in [5, 5.41) is 3.36. The number of fused-ring (bicyclic) bond motifs is 2. The van der Waals surface area contributed by atoms with Crippen LogP contribution < -0.4 is 20.3 Å². The first-order chi connectivity index (χ1) is 14.5. The number of benzene rings is 1. The number of nitrogens with one attached hydrogen (secondary N) is 2. The Kier molecular flexibility index (Phi) is 5.89. The minimum absolute atomic E-state index is 0.0136. The van der Waals surface area contributed by atoms with E-state index in [1.807, 2.05) is 19.1 Å². The molecule has 30 heavy (non-hydrogen) atoms. The Bertz CT molecular complexity index is 1190. The predicted octanol–water partition coefficient (Wildman–Crippen LogP) is 3.57. The number of ether oxygens (including phenoxy) is 2. The number of unbranched alkanes of at least 4 members (excludes halogenated alkanes) is 2. The van der Waals surface area contributed by atoms with Gasteiger partial charge in [-0.15, -0.1) is 0 Å². The van der Waals surface area contributed by atoms with Crippen molar-refractivity contribution in [2.75, 3.05) is 6.79 Å². The Morgan fingerprint density at radius 2 is 2.00 bits per heavy atom. The summed E-state index contributed by atoms with van der Waals surface area (Å²) in [5.74, 6) is 2.72. The van der Waals surface area contributed by atoms with Gasteiger partial charge in [0.2, 0.25) is 12.7 Å². The van der Waals surface area contributed by atoms with Gasteiger partial charge in [0.15, 0.2) is 16.3 Å². The smallest absolute Gasteiger partial charge is 0.262 e. The topological polar surface area (TPSA) is 98.5 Å². The van der Waals surface area contributed by atoms with Gasteiger partial charge < -0.3 is 24.2 Å². The van der Waals surface area contributed by atoms with Crippen molar-refractivity contribution < 1.29 is 18.7 Å². The number of carbonyl (C=O) groups excluding carboxylic acids is 1. The van der Waals surface area contributed by atoms with E-state index in [4.69, 9.17) is 26.1 Å². The lowest BCUT2D eigenvalue weighted by atomic mass is 10.2. The highest BCUT2D eigenvalue weighted by Crippen LogP contribution is 2.34. The molecule has 9 heteroatoms. The maximum atomic E-state index is 12.8. The Morgan fingerprint density at radius 1 is 1.20 bits per heavy atom. The molecule has 1 aliphatic rings. The summed E-state index contributed by atoms with van der Waals surface area (Å²) in [6.07, 6.45) is 2.73. The second-order valence-electron chi connectivity index (χ2n) is 7.24. The molecule has 3 aromatic rings. The summed E-state index contributed by atoms with van der Waals surface area (Å²) in [6.45, 7) is 2.90. The van der Waals surface area contributed by atoms with Crippen molar-refractivity contribution in [2.24, 2.45) is 0 Å². The molecule has 1 amide bonds. The van der Waals surface area contributed by atoms with E-state index in [9.17, 15) is 9.59 Å². The van der Waals surface area contributed by atoms with Crippen molar-refractivity contribution in [1.82, 2.24) is 14.9 Å². The summed E-state index contributed by atoms with van der Waals surface area (Å²) in [4.78, 5) is 27.9. The molecule has 2 aromatic heterocycles. The molecule has 1 aromatic carbocycles. The lowest BCUT2D eigenvalue weighted by Gasteiger charge is -2.09. The zero-order chi connectivity index (χ0) is 21.1. The zero-order valence-corrected chi connectivity index (χ0v) is 17.5. The highest BCUT2D eigenvalue weighted by molar-refractivity contribution is 7.71. The Morgan fingerprint density at radius 3 is 2.77 bits per heavy atom. The third-order valence-corrected chi connectivity index (χ3v) is 5.34. The fourth-order valence-corrected chi connectivity index (χ4v) is 3.72. The third kappa shape index (κ3) is 4.40. The summed E-state index contributed by atoms with van der Waals surface area (Å²) in [5.41, 5.74) is 0.479. The van der Waals surface area contributed by atoms with Crippen molar-refractivity contribution in [3.8, 4) is 11.5 Å². The number of amides is 1. The molecular weight excluding hydrogens is 406 g/mol. The van der Waals surface area contributed by atoms with Crippen LogP contribution in [0.25, 0.3) is 10.9 Å². The van der Waals surface area contributed by atoms with Crippen molar-refractivity contribution in [2.45, 2.75) is 45.7 Å². The maximum absolute atomic E-state index is 12.8. The van der Waals surface area contributed by atoms with Gasteiger partial charge in [0.1, 0.15) is 11.5 Å². The summed E-state index contributed by atoms with van der Waals surface area (Å²) in [6, 6.07) is 7.15. The second-order valence-corrected chi connectivity index (χ2v) is 7.62. The first-order valence-electron chi connectivity index (χ1n) is 9.90. The maximum Gasteiger partial charge on any atom is 0.262 e. The molecule has 0 spiro atoms. The van der Waals surface area contributed by atoms with Gasteiger partial charge in [0.05, 0.1) is 17.4 Å². The van der Waals surface area contributed by atoms with Gasteiger partial charge in [0, 0.05) is 19.0 Å².